The molecular weight excluding hydrogens is 1200 g/mol. The molecule has 6 aromatic rings. The minimum atomic E-state index is -6.27. The fourth-order valence-electron chi connectivity index (χ4n) is 9.42. The van der Waals surface area contributed by atoms with E-state index in [2.05, 4.69) is 53.2 Å². The first-order valence-electron chi connectivity index (χ1n) is 23.4. The van der Waals surface area contributed by atoms with Gasteiger partial charge in [-0.15, -0.1) is 0 Å². The van der Waals surface area contributed by atoms with Gasteiger partial charge < -0.3 is 75.2 Å². The van der Waals surface area contributed by atoms with Gasteiger partial charge in [-0.2, -0.15) is 13.6 Å². The van der Waals surface area contributed by atoms with Gasteiger partial charge in [0.1, 0.15) is 54.1 Å². The molecule has 0 spiro atoms. The van der Waals surface area contributed by atoms with Crippen molar-refractivity contribution in [2.75, 3.05) is 63.5 Å². The van der Waals surface area contributed by atoms with Crippen molar-refractivity contribution in [1.82, 2.24) is 58.3 Å². The quantitative estimate of drug-likeness (QED) is 0.0216. The number of nitrogens with zero attached hydrogens (tertiary/aromatic N) is 10. The van der Waals surface area contributed by atoms with E-state index in [0.29, 0.717) is 0 Å². The molecule has 4 unspecified atom stereocenters. The molecular formula is C36H53N16O24P4S+. The second kappa shape index (κ2) is 22.8. The van der Waals surface area contributed by atoms with Crippen LogP contribution in [-0.4, -0.2) is 187 Å². The van der Waals surface area contributed by atoms with Crippen molar-refractivity contribution in [3.63, 3.8) is 0 Å². The maximum atomic E-state index is 14.5. The highest BCUT2D eigenvalue weighted by Gasteiger charge is 2.58. The summed E-state index contributed by atoms with van der Waals surface area (Å²) in [6.45, 7) is -2.44. The maximum absolute atomic E-state index is 14.5. The highest BCUT2D eigenvalue weighted by Crippen LogP contribution is 2.68. The Morgan fingerprint density at radius 2 is 1.33 bits per heavy atom. The predicted octanol–water partition coefficient (Wildman–Crippen LogP) is -3.79. The molecule has 0 radical (unpaired) electrons. The molecule has 45 heteroatoms. The number of anilines is 3. The maximum Gasteiger partial charge on any atom is 0.490 e. The summed E-state index contributed by atoms with van der Waals surface area (Å²) in [5, 5.41) is 22.0. The highest BCUT2D eigenvalue weighted by molar-refractivity contribution is 7.89. The van der Waals surface area contributed by atoms with Gasteiger partial charge in [0.2, 0.25) is 27.7 Å². The van der Waals surface area contributed by atoms with Crippen LogP contribution in [-0.2, 0) is 81.2 Å². The first-order valence-corrected chi connectivity index (χ1v) is 31.2. The number of phosphoric acid groups is 3. The van der Waals surface area contributed by atoms with E-state index in [1.165, 1.54) is 41.1 Å². The normalized spacial score (nSPS) is 29.3. The molecule has 446 valence electrons. The Balaban J connectivity index is 0.903. The van der Waals surface area contributed by atoms with E-state index in [0.717, 1.165) is 30.7 Å². The van der Waals surface area contributed by atoms with Gasteiger partial charge in [-0.1, -0.05) is 4.98 Å². The third kappa shape index (κ3) is 12.3. The average molecular weight is 1250 g/mol. The molecule has 16 atom stereocenters. The van der Waals surface area contributed by atoms with Gasteiger partial charge >= 0.3 is 36.7 Å². The summed E-state index contributed by atoms with van der Waals surface area (Å²) in [6, 6.07) is 0. The Morgan fingerprint density at radius 1 is 0.741 bits per heavy atom. The van der Waals surface area contributed by atoms with Gasteiger partial charge in [0.05, 0.1) is 51.4 Å². The average Bonchev–Trinajstić information content (AvgIpc) is 4.33. The molecule has 0 saturated carbocycles. The first-order chi connectivity index (χ1) is 38.0. The molecule has 15 N–H and O–H groups in total. The van der Waals surface area contributed by atoms with Gasteiger partial charge in [-0.3, -0.25) is 46.9 Å². The van der Waals surface area contributed by atoms with Crippen LogP contribution in [0.4, 0.5) is 17.7 Å². The second-order valence-electron chi connectivity index (χ2n) is 18.1. The number of imidazole rings is 3. The lowest BCUT2D eigenvalue weighted by Crippen LogP contribution is -2.47. The molecule has 3 fully saturated rings. The van der Waals surface area contributed by atoms with Gasteiger partial charge in [0.15, 0.2) is 41.4 Å². The molecule has 40 nitrogen and oxygen atoms in total. The Hall–Kier alpha value is -5.16. The van der Waals surface area contributed by atoms with Crippen LogP contribution in [0.25, 0.3) is 33.5 Å². The van der Waals surface area contributed by atoms with Gasteiger partial charge in [0, 0.05) is 26.7 Å². The van der Waals surface area contributed by atoms with Crippen molar-refractivity contribution >= 4 is 92.3 Å². The Morgan fingerprint density at radius 3 is 1.99 bits per heavy atom. The summed E-state index contributed by atoms with van der Waals surface area (Å²) in [7, 11) is -23.6. The largest absolute Gasteiger partial charge is 0.490 e. The molecule has 0 amide bonds. The number of H-pyrrole nitrogens is 2. The summed E-state index contributed by atoms with van der Waals surface area (Å²) in [5.74, 6) is -2.18. The van der Waals surface area contributed by atoms with Crippen LogP contribution in [0.1, 0.15) is 25.6 Å². The van der Waals surface area contributed by atoms with Crippen molar-refractivity contribution in [1.29, 1.82) is 0 Å². The van der Waals surface area contributed by atoms with E-state index in [1.807, 2.05) is 0 Å². The molecule has 9 heterocycles. The van der Waals surface area contributed by atoms with Crippen LogP contribution >= 0.6 is 31.1 Å². The number of aromatic amines is 2. The molecule has 81 heavy (non-hydrogen) atoms. The zero-order valence-corrected chi connectivity index (χ0v) is 46.6. The number of sulfonamides is 1. The number of hydrogen-bond acceptors (Lipinski definition) is 29. The van der Waals surface area contributed by atoms with Gasteiger partial charge in [-0.25, -0.2) is 51.3 Å². The van der Waals surface area contributed by atoms with Gasteiger partial charge in [-0.05, 0) is 6.92 Å². The third-order valence-corrected chi connectivity index (χ3v) is 20.6. The summed E-state index contributed by atoms with van der Waals surface area (Å²) in [6.07, 6.45) is -11.1. The van der Waals surface area contributed by atoms with Crippen molar-refractivity contribution in [2.45, 2.75) is 74.0 Å². The number of aryl methyl sites for hydroxylation is 1. The smallest absolute Gasteiger partial charge is 0.387 e. The lowest BCUT2D eigenvalue weighted by molar-refractivity contribution is -0.746. The number of hydrogen-bond donors (Lipinski definition) is 12. The Bertz CT molecular complexity index is 3790. The number of aliphatic hydroxyl groups is 2. The fraction of sp³-hybridized carbons (Fsp3) is 0.583. The van der Waals surface area contributed by atoms with E-state index in [4.69, 9.17) is 54.5 Å². The van der Waals surface area contributed by atoms with E-state index in [9.17, 15) is 66.1 Å². The van der Waals surface area contributed by atoms with Crippen molar-refractivity contribution in [3.8, 4) is 0 Å². The van der Waals surface area contributed by atoms with Crippen LogP contribution in [0.3, 0.4) is 0 Å². The van der Waals surface area contributed by atoms with Crippen molar-refractivity contribution < 1.29 is 107 Å². The number of nitrogens with one attached hydrogen (secondary N) is 3. The van der Waals surface area contributed by atoms with Crippen LogP contribution in [0.5, 0.6) is 0 Å². The summed E-state index contributed by atoms with van der Waals surface area (Å²) in [5.41, 5.74) is 13.7. The summed E-state index contributed by atoms with van der Waals surface area (Å²) in [4.78, 5) is 97.8. The van der Waals surface area contributed by atoms with Crippen LogP contribution in [0.2, 0.25) is 0 Å². The lowest BCUT2D eigenvalue weighted by Gasteiger charge is -2.28. The Kier molecular flexibility index (Phi) is 17.0. The van der Waals surface area contributed by atoms with Crippen molar-refractivity contribution in [3.05, 3.63) is 46.0 Å². The summed E-state index contributed by atoms with van der Waals surface area (Å²) < 4.78 is 140. The second-order valence-corrected chi connectivity index (χ2v) is 26.8. The highest BCUT2D eigenvalue weighted by atomic mass is 32.2. The number of nitrogen functional groups attached to an aromatic ring is 3. The van der Waals surface area contributed by atoms with Crippen molar-refractivity contribution in [2.24, 2.45) is 13.0 Å². The van der Waals surface area contributed by atoms with E-state index in [-0.39, 0.29) is 57.0 Å². The van der Waals surface area contributed by atoms with E-state index in [1.54, 1.807) is 0 Å². The lowest BCUT2D eigenvalue weighted by atomic mass is 9.98. The number of rotatable bonds is 23. The number of nitrogens with two attached hydrogens (primary N) is 3. The summed E-state index contributed by atoms with van der Waals surface area (Å²) >= 11 is 0. The molecule has 3 saturated heterocycles. The molecule has 0 aliphatic carbocycles. The zero-order valence-electron chi connectivity index (χ0n) is 42.2. The topological polar surface area (TPSA) is 568 Å². The number of methoxy groups -OCH3 is 2. The zero-order chi connectivity index (χ0) is 58.9. The number of fused-ring (bicyclic) bond motifs is 3. The Labute approximate surface area is 452 Å². The molecule has 0 bridgehead atoms. The number of aliphatic hydroxyl groups excluding tert-OH is 2. The molecule has 3 aliphatic rings. The van der Waals surface area contributed by atoms with E-state index >= 15 is 0 Å². The minimum absolute atomic E-state index is 0.0135. The van der Waals surface area contributed by atoms with E-state index < -0.39 is 152 Å². The standard InChI is InChI=1S/C36H52N16O24P4S/c1-5-81(65,66)44-6-14-15(72-33(23(14)67-3)52-13-49(2)20-29(52)46-36(39)48-31(20)56)7-70-78(59,60)75-80(63,64)76-79(61,62)71-9-17-25(24(68-4)34(74-17)50-11-42-18-26(37)40-10-41-27(18)50)77(57,58)69-8-16-21(53)22(54)32(73-16)51-12-43-19-28(51)45-35(38)47-30(19)55/h10-17,21-25,32-34,44,53-54H,5-9H2,1-4H3,(H11-,37,38,39,40,41,45,46,47,48,55,56,57,58,59,60,61,62,63,64)/p+1/t14-,15-,16-,17-,21-,22-,23-,24-,25-,32-,33-,34-/m1/s1. The number of aromatic nitrogens is 12. The minimum Gasteiger partial charge on any atom is -0.387 e. The molecule has 6 aromatic heterocycles. The predicted molar refractivity (Wildman–Crippen MR) is 268 cm³/mol. The first kappa shape index (κ1) is 60.4. The number of phosphoric ester groups is 2. The third-order valence-electron chi connectivity index (χ3n) is 13.1. The van der Waals surface area contributed by atoms with Gasteiger partial charge in [0.25, 0.3) is 17.1 Å². The fourth-order valence-corrected chi connectivity index (χ4v) is 15.3. The van der Waals surface area contributed by atoms with Crippen LogP contribution in [0, 0.1) is 5.92 Å². The molecule has 3 aliphatic heterocycles. The monoisotopic (exact) mass is 1250 g/mol. The molecule has 9 rings (SSSR count). The number of ether oxygens (including phenoxy) is 5. The van der Waals surface area contributed by atoms with Crippen LogP contribution < -0.4 is 37.6 Å². The SMILES string of the molecule is CCS(=O)(=O)NC[C@H]1[C@@H](OC)[C@H]([n+]2cn(C)c3c(=O)[nH]c(N)nc32)O[C@@H]1COP(=O)(O)OP(=O)(O)OP(=O)(O)OC[C@H]1O[C@@H](n2cnc3c(N)ncnc32)[C@H](OC)[C@@H]1P(=O)(O)OC[C@H]1O[C@@H](n2cnc3c(=O)[nH]c(N)nc32)[C@H](O)[C@@H]1O. The van der Waals surface area contributed by atoms with Crippen LogP contribution in [0.15, 0.2) is 34.9 Å². The molecule has 0 aromatic carbocycles.